The number of nitrogens with one attached hydrogen (secondary N) is 2. The number of aromatic nitrogens is 3. The van der Waals surface area contributed by atoms with Gasteiger partial charge in [-0.2, -0.15) is 5.10 Å². The fraction of sp³-hybridized carbons (Fsp3) is 0.125. The zero-order chi connectivity index (χ0) is 17.3. The summed E-state index contributed by atoms with van der Waals surface area (Å²) >= 11 is 11.2. The van der Waals surface area contributed by atoms with Crippen LogP contribution in [0, 0.1) is 6.92 Å². The SMILES string of the molecule is Cc1ccc2cccc(NC(=S)NC(=O)c3c(Cl)cnn3C)c2n1. The molecule has 0 fully saturated rings. The molecule has 6 nitrogen and oxygen atoms in total. The first-order valence-corrected chi connectivity index (χ1v) is 7.90. The zero-order valence-electron chi connectivity index (χ0n) is 13.0. The molecular formula is C16H14ClN5OS. The van der Waals surface area contributed by atoms with Crippen LogP contribution < -0.4 is 10.6 Å². The van der Waals surface area contributed by atoms with Crippen LogP contribution in [0.4, 0.5) is 5.69 Å². The van der Waals surface area contributed by atoms with Crippen LogP contribution >= 0.6 is 23.8 Å². The van der Waals surface area contributed by atoms with Gasteiger partial charge in [-0.05, 0) is 31.3 Å². The van der Waals surface area contributed by atoms with Gasteiger partial charge in [0.15, 0.2) is 5.11 Å². The molecule has 24 heavy (non-hydrogen) atoms. The average molecular weight is 360 g/mol. The standard InChI is InChI=1S/C16H14ClN5OS/c1-9-6-7-10-4-3-5-12(13(10)19-9)20-16(24)21-15(23)14-11(17)8-18-22(14)2/h3-8H,1-2H3,(H2,20,21,23,24). The molecule has 3 rings (SSSR count). The first-order chi connectivity index (χ1) is 11.5. The molecule has 0 unspecified atom stereocenters. The summed E-state index contributed by atoms with van der Waals surface area (Å²) in [6.45, 7) is 1.92. The number of nitrogens with zero attached hydrogens (tertiary/aromatic N) is 3. The largest absolute Gasteiger partial charge is 0.331 e. The summed E-state index contributed by atoms with van der Waals surface area (Å²) in [6, 6.07) is 9.63. The molecule has 0 aliphatic heterocycles. The van der Waals surface area contributed by atoms with E-state index in [2.05, 4.69) is 20.7 Å². The summed E-state index contributed by atoms with van der Waals surface area (Å²) in [4.78, 5) is 16.8. The molecule has 1 amide bonds. The molecule has 3 aromatic rings. The Hall–Kier alpha value is -2.51. The van der Waals surface area contributed by atoms with Crippen molar-refractivity contribution in [1.29, 1.82) is 0 Å². The molecule has 0 spiro atoms. The lowest BCUT2D eigenvalue weighted by Crippen LogP contribution is -2.35. The number of carbonyl (C=O) groups excluding carboxylic acids is 1. The predicted octanol–water partition coefficient (Wildman–Crippen LogP) is 3.06. The van der Waals surface area contributed by atoms with Crippen LogP contribution in [0.3, 0.4) is 0 Å². The molecule has 0 saturated carbocycles. The van der Waals surface area contributed by atoms with Gasteiger partial charge in [-0.25, -0.2) is 0 Å². The first kappa shape index (κ1) is 16.4. The lowest BCUT2D eigenvalue weighted by molar-refractivity contribution is 0.0968. The van der Waals surface area contributed by atoms with Crippen molar-refractivity contribution in [1.82, 2.24) is 20.1 Å². The Kier molecular flexibility index (Phi) is 4.46. The van der Waals surface area contributed by atoms with Gasteiger partial charge in [0.25, 0.3) is 5.91 Å². The number of anilines is 1. The van der Waals surface area contributed by atoms with Gasteiger partial charge in [0.1, 0.15) is 5.69 Å². The fourth-order valence-corrected chi connectivity index (χ4v) is 2.78. The summed E-state index contributed by atoms with van der Waals surface area (Å²) in [5, 5.41) is 10.9. The smallest absolute Gasteiger partial charge is 0.277 e. The fourth-order valence-electron chi connectivity index (χ4n) is 2.33. The number of thiocarbonyl (C=S) groups is 1. The topological polar surface area (TPSA) is 71.8 Å². The number of carbonyl (C=O) groups is 1. The molecule has 2 N–H and O–H groups in total. The van der Waals surface area contributed by atoms with E-state index in [4.69, 9.17) is 23.8 Å². The molecule has 0 saturated heterocycles. The highest BCUT2D eigenvalue weighted by atomic mass is 35.5. The Morgan fingerprint density at radius 2 is 2.08 bits per heavy atom. The summed E-state index contributed by atoms with van der Waals surface area (Å²) < 4.78 is 1.39. The molecule has 0 aliphatic carbocycles. The molecule has 8 heteroatoms. The number of hydrogen-bond acceptors (Lipinski definition) is 4. The van der Waals surface area contributed by atoms with Crippen LogP contribution in [-0.4, -0.2) is 25.8 Å². The third kappa shape index (κ3) is 3.22. The van der Waals surface area contributed by atoms with E-state index < -0.39 is 5.91 Å². The Morgan fingerprint density at radius 3 is 2.79 bits per heavy atom. The van der Waals surface area contributed by atoms with Crippen LogP contribution in [0.1, 0.15) is 16.2 Å². The van der Waals surface area contributed by atoms with Gasteiger partial charge in [-0.3, -0.25) is 19.8 Å². The number of benzene rings is 1. The van der Waals surface area contributed by atoms with Crippen molar-refractivity contribution in [3.05, 3.63) is 52.9 Å². The normalized spacial score (nSPS) is 10.6. The van der Waals surface area contributed by atoms with E-state index in [0.29, 0.717) is 0 Å². The molecule has 0 bridgehead atoms. The lowest BCUT2D eigenvalue weighted by atomic mass is 10.2. The van der Waals surface area contributed by atoms with Crippen LogP contribution in [0.2, 0.25) is 5.02 Å². The monoisotopic (exact) mass is 359 g/mol. The zero-order valence-corrected chi connectivity index (χ0v) is 14.6. The highest BCUT2D eigenvalue weighted by Crippen LogP contribution is 2.21. The first-order valence-electron chi connectivity index (χ1n) is 7.12. The Balaban J connectivity index is 1.81. The number of para-hydroxylation sites is 1. The predicted molar refractivity (Wildman–Crippen MR) is 98.4 cm³/mol. The van der Waals surface area contributed by atoms with Crippen LogP contribution in [0.15, 0.2) is 36.5 Å². The van der Waals surface area contributed by atoms with E-state index >= 15 is 0 Å². The van der Waals surface area contributed by atoms with Crippen molar-refractivity contribution in [2.75, 3.05) is 5.32 Å². The maximum absolute atomic E-state index is 12.3. The second-order valence-corrected chi connectivity index (χ2v) is 6.02. The van der Waals surface area contributed by atoms with E-state index in [9.17, 15) is 4.79 Å². The van der Waals surface area contributed by atoms with Crippen LogP contribution in [0.25, 0.3) is 10.9 Å². The lowest BCUT2D eigenvalue weighted by Gasteiger charge is -2.12. The summed E-state index contributed by atoms with van der Waals surface area (Å²) in [6.07, 6.45) is 1.41. The Bertz CT molecular complexity index is 933. The number of fused-ring (bicyclic) bond motifs is 1. The van der Waals surface area contributed by atoms with Crippen molar-refractivity contribution in [2.45, 2.75) is 6.92 Å². The minimum absolute atomic E-state index is 0.160. The van der Waals surface area contributed by atoms with E-state index in [1.165, 1.54) is 10.9 Å². The van der Waals surface area contributed by atoms with Gasteiger partial charge in [-0.1, -0.05) is 29.8 Å². The Morgan fingerprint density at radius 1 is 1.29 bits per heavy atom. The minimum atomic E-state index is -0.429. The second kappa shape index (κ2) is 6.54. The third-order valence-corrected chi connectivity index (χ3v) is 3.92. The van der Waals surface area contributed by atoms with Crippen molar-refractivity contribution in [2.24, 2.45) is 7.05 Å². The minimum Gasteiger partial charge on any atom is -0.331 e. The van der Waals surface area contributed by atoms with Gasteiger partial charge in [-0.15, -0.1) is 0 Å². The number of halogens is 1. The van der Waals surface area contributed by atoms with Crippen molar-refractivity contribution in [3.8, 4) is 0 Å². The third-order valence-electron chi connectivity index (χ3n) is 3.44. The van der Waals surface area contributed by atoms with E-state index in [-0.39, 0.29) is 15.8 Å². The molecule has 2 heterocycles. The average Bonchev–Trinajstić information content (AvgIpc) is 2.86. The van der Waals surface area contributed by atoms with E-state index in [0.717, 1.165) is 22.3 Å². The molecule has 2 aromatic heterocycles. The van der Waals surface area contributed by atoms with Gasteiger partial charge in [0.05, 0.1) is 22.4 Å². The summed E-state index contributed by atoms with van der Waals surface area (Å²) in [7, 11) is 1.63. The summed E-state index contributed by atoms with van der Waals surface area (Å²) in [5.74, 6) is -0.429. The van der Waals surface area contributed by atoms with Crippen molar-refractivity contribution in [3.63, 3.8) is 0 Å². The number of aryl methyl sites for hydroxylation is 2. The van der Waals surface area contributed by atoms with Gasteiger partial charge >= 0.3 is 0 Å². The van der Waals surface area contributed by atoms with E-state index in [1.54, 1.807) is 7.05 Å². The van der Waals surface area contributed by atoms with Crippen LogP contribution in [0.5, 0.6) is 0 Å². The maximum atomic E-state index is 12.3. The number of rotatable bonds is 2. The van der Waals surface area contributed by atoms with Gasteiger partial charge in [0.2, 0.25) is 0 Å². The molecule has 0 aliphatic rings. The van der Waals surface area contributed by atoms with Crippen molar-refractivity contribution < 1.29 is 4.79 Å². The number of hydrogen-bond donors (Lipinski definition) is 2. The molecule has 0 radical (unpaired) electrons. The van der Waals surface area contributed by atoms with Crippen molar-refractivity contribution >= 4 is 51.4 Å². The van der Waals surface area contributed by atoms with Gasteiger partial charge < -0.3 is 5.32 Å². The Labute approximate surface area is 148 Å². The molecule has 0 atom stereocenters. The van der Waals surface area contributed by atoms with E-state index in [1.807, 2.05) is 37.3 Å². The molecular weight excluding hydrogens is 346 g/mol. The molecule has 122 valence electrons. The number of pyridine rings is 1. The highest BCUT2D eigenvalue weighted by molar-refractivity contribution is 7.80. The summed E-state index contributed by atoms with van der Waals surface area (Å²) in [5.41, 5.74) is 2.64. The second-order valence-electron chi connectivity index (χ2n) is 5.20. The maximum Gasteiger partial charge on any atom is 0.277 e. The van der Waals surface area contributed by atoms with Crippen LogP contribution in [-0.2, 0) is 7.05 Å². The highest BCUT2D eigenvalue weighted by Gasteiger charge is 2.17. The quantitative estimate of drug-likeness (QED) is 0.688. The number of amides is 1. The van der Waals surface area contributed by atoms with Gasteiger partial charge in [0, 0.05) is 18.1 Å². The molecule has 1 aromatic carbocycles.